The van der Waals surface area contributed by atoms with Crippen LogP contribution < -0.4 is 9.64 Å². The molecular weight excluding hydrogens is 441 g/mol. The highest BCUT2D eigenvalue weighted by molar-refractivity contribution is 5.68. The SMILES string of the molecule is COCCc1cc(N2CCN(C(=O)OC(C)(C)C)CC2)nn1-c1ccc(OC(F)(F)F)cc1. The zero-order valence-corrected chi connectivity index (χ0v) is 19.2. The number of amides is 1. The second-order valence-electron chi connectivity index (χ2n) is 8.64. The molecule has 1 aliphatic rings. The van der Waals surface area contributed by atoms with Crippen molar-refractivity contribution in [2.24, 2.45) is 0 Å². The highest BCUT2D eigenvalue weighted by Crippen LogP contribution is 2.26. The van der Waals surface area contributed by atoms with E-state index in [1.54, 1.807) is 16.7 Å². The van der Waals surface area contributed by atoms with Crippen LogP contribution in [0.25, 0.3) is 5.69 Å². The number of rotatable bonds is 6. The van der Waals surface area contributed by atoms with Gasteiger partial charge in [0.05, 0.1) is 12.3 Å². The Kier molecular flexibility index (Phi) is 7.41. The van der Waals surface area contributed by atoms with Crippen molar-refractivity contribution in [2.45, 2.75) is 39.2 Å². The molecule has 0 spiro atoms. The summed E-state index contributed by atoms with van der Waals surface area (Å²) in [6.07, 6.45) is -4.51. The van der Waals surface area contributed by atoms with Crippen molar-refractivity contribution in [3.05, 3.63) is 36.0 Å². The second kappa shape index (κ2) is 9.90. The van der Waals surface area contributed by atoms with Crippen LogP contribution in [-0.4, -0.2) is 72.6 Å². The number of aromatic nitrogens is 2. The molecule has 0 atom stereocenters. The van der Waals surface area contributed by atoms with Crippen molar-refractivity contribution < 1.29 is 32.2 Å². The molecule has 2 aromatic rings. The van der Waals surface area contributed by atoms with Gasteiger partial charge in [0.25, 0.3) is 0 Å². The van der Waals surface area contributed by atoms with E-state index < -0.39 is 12.0 Å². The summed E-state index contributed by atoms with van der Waals surface area (Å²) in [5, 5.41) is 4.68. The van der Waals surface area contributed by atoms with Gasteiger partial charge in [0.15, 0.2) is 5.82 Å². The smallest absolute Gasteiger partial charge is 0.444 e. The second-order valence-corrected chi connectivity index (χ2v) is 8.64. The Morgan fingerprint density at radius 2 is 1.70 bits per heavy atom. The fourth-order valence-electron chi connectivity index (χ4n) is 3.40. The lowest BCUT2D eigenvalue weighted by Gasteiger charge is -2.35. The third-order valence-corrected chi connectivity index (χ3v) is 4.90. The number of anilines is 1. The predicted molar refractivity (Wildman–Crippen MR) is 116 cm³/mol. The molecule has 3 rings (SSSR count). The zero-order valence-electron chi connectivity index (χ0n) is 19.2. The lowest BCUT2D eigenvalue weighted by atomic mass is 10.2. The summed E-state index contributed by atoms with van der Waals surface area (Å²) in [7, 11) is 1.60. The standard InChI is InChI=1S/C22H29F3N4O4/c1-21(2,3)33-20(30)28-12-10-27(11-13-28)19-15-17(9-14-31-4)29(26-19)16-5-7-18(8-6-16)32-22(23,24)25/h5-8,15H,9-14H2,1-4H3. The molecule has 11 heteroatoms. The van der Waals surface area contributed by atoms with Gasteiger partial charge in [0.2, 0.25) is 0 Å². The maximum absolute atomic E-state index is 12.4. The number of carbonyl (C=O) groups is 1. The van der Waals surface area contributed by atoms with Gasteiger partial charge in [-0.25, -0.2) is 9.48 Å². The summed E-state index contributed by atoms with van der Waals surface area (Å²) in [6, 6.07) is 7.49. The van der Waals surface area contributed by atoms with E-state index in [0.717, 1.165) is 11.5 Å². The number of halogens is 3. The van der Waals surface area contributed by atoms with E-state index in [4.69, 9.17) is 9.47 Å². The normalized spacial score (nSPS) is 15.0. The van der Waals surface area contributed by atoms with Crippen molar-refractivity contribution in [2.75, 3.05) is 44.8 Å². The van der Waals surface area contributed by atoms with Gasteiger partial charge in [-0.3, -0.25) is 0 Å². The molecule has 2 heterocycles. The van der Waals surface area contributed by atoms with E-state index in [-0.39, 0.29) is 11.8 Å². The number of nitrogens with zero attached hydrogens (tertiary/aromatic N) is 4. The summed E-state index contributed by atoms with van der Waals surface area (Å²) in [6.45, 7) is 8.12. The Morgan fingerprint density at radius 3 is 2.24 bits per heavy atom. The van der Waals surface area contributed by atoms with Crippen LogP contribution in [0, 0.1) is 0 Å². The van der Waals surface area contributed by atoms with E-state index in [1.807, 2.05) is 26.8 Å². The van der Waals surface area contributed by atoms with Gasteiger partial charge in [-0.05, 0) is 45.0 Å². The van der Waals surface area contributed by atoms with Crippen LogP contribution in [0.15, 0.2) is 30.3 Å². The largest absolute Gasteiger partial charge is 0.573 e. The van der Waals surface area contributed by atoms with Crippen LogP contribution in [0.2, 0.25) is 0 Å². The van der Waals surface area contributed by atoms with Gasteiger partial charge >= 0.3 is 12.5 Å². The van der Waals surface area contributed by atoms with Gasteiger partial charge in [-0.2, -0.15) is 5.10 Å². The molecule has 1 aromatic carbocycles. The fraction of sp³-hybridized carbons (Fsp3) is 0.545. The van der Waals surface area contributed by atoms with Crippen molar-refractivity contribution in [3.63, 3.8) is 0 Å². The molecule has 182 valence electrons. The summed E-state index contributed by atoms with van der Waals surface area (Å²) in [5.41, 5.74) is 0.907. The minimum absolute atomic E-state index is 0.296. The van der Waals surface area contributed by atoms with E-state index in [1.165, 1.54) is 24.3 Å². The molecule has 1 aliphatic heterocycles. The van der Waals surface area contributed by atoms with Gasteiger partial charge in [-0.15, -0.1) is 13.2 Å². The maximum Gasteiger partial charge on any atom is 0.573 e. The van der Waals surface area contributed by atoms with E-state index in [9.17, 15) is 18.0 Å². The fourth-order valence-corrected chi connectivity index (χ4v) is 3.40. The Labute approximate surface area is 190 Å². The van der Waals surface area contributed by atoms with Crippen LogP contribution in [-0.2, 0) is 15.9 Å². The molecule has 1 fully saturated rings. The van der Waals surface area contributed by atoms with Gasteiger partial charge < -0.3 is 24.0 Å². The number of piperazine rings is 1. The molecule has 8 nitrogen and oxygen atoms in total. The average Bonchev–Trinajstić information content (AvgIpc) is 3.14. The molecule has 0 aliphatic carbocycles. The number of alkyl halides is 3. The summed E-state index contributed by atoms with van der Waals surface area (Å²) < 4.78 is 53.6. The maximum atomic E-state index is 12.4. The molecular formula is C22H29F3N4O4. The minimum Gasteiger partial charge on any atom is -0.444 e. The van der Waals surface area contributed by atoms with E-state index >= 15 is 0 Å². The number of ether oxygens (including phenoxy) is 3. The Balaban J connectivity index is 1.74. The average molecular weight is 470 g/mol. The molecule has 33 heavy (non-hydrogen) atoms. The van der Waals surface area contributed by atoms with Gasteiger partial charge in [0, 0.05) is 51.5 Å². The summed E-state index contributed by atoms with van der Waals surface area (Å²) in [5.74, 6) is 0.427. The Bertz CT molecular complexity index is 931. The Hall–Kier alpha value is -2.95. The quantitative estimate of drug-likeness (QED) is 0.635. The van der Waals surface area contributed by atoms with Crippen LogP contribution in [0.3, 0.4) is 0 Å². The molecule has 0 bridgehead atoms. The lowest BCUT2D eigenvalue weighted by Crippen LogP contribution is -2.50. The van der Waals surface area contributed by atoms with Crippen molar-refractivity contribution in [1.29, 1.82) is 0 Å². The number of hydrogen-bond acceptors (Lipinski definition) is 6. The summed E-state index contributed by atoms with van der Waals surface area (Å²) in [4.78, 5) is 16.0. The first kappa shape index (κ1) is 24.7. The third-order valence-electron chi connectivity index (χ3n) is 4.90. The molecule has 0 radical (unpaired) electrons. The number of benzene rings is 1. The van der Waals surface area contributed by atoms with Crippen molar-refractivity contribution in [1.82, 2.24) is 14.7 Å². The molecule has 1 saturated heterocycles. The predicted octanol–water partition coefficient (Wildman–Crippen LogP) is 4.02. The van der Waals surface area contributed by atoms with Gasteiger partial charge in [-0.1, -0.05) is 0 Å². The monoisotopic (exact) mass is 470 g/mol. The topological polar surface area (TPSA) is 69.1 Å². The van der Waals surface area contributed by atoms with Gasteiger partial charge in [0.1, 0.15) is 11.4 Å². The first-order chi connectivity index (χ1) is 15.4. The highest BCUT2D eigenvalue weighted by Gasteiger charge is 2.31. The summed E-state index contributed by atoms with van der Waals surface area (Å²) >= 11 is 0. The van der Waals surface area contributed by atoms with Crippen LogP contribution in [0.5, 0.6) is 5.75 Å². The number of carbonyl (C=O) groups excluding carboxylic acids is 1. The van der Waals surface area contributed by atoms with Crippen LogP contribution in [0.4, 0.5) is 23.8 Å². The lowest BCUT2D eigenvalue weighted by molar-refractivity contribution is -0.274. The third kappa shape index (κ3) is 7.01. The van der Waals surface area contributed by atoms with Crippen LogP contribution >= 0.6 is 0 Å². The number of hydrogen-bond donors (Lipinski definition) is 0. The van der Waals surface area contributed by atoms with E-state index in [0.29, 0.717) is 44.9 Å². The molecule has 0 unspecified atom stereocenters. The first-order valence-corrected chi connectivity index (χ1v) is 10.6. The first-order valence-electron chi connectivity index (χ1n) is 10.6. The molecule has 1 aromatic heterocycles. The van der Waals surface area contributed by atoms with E-state index in [2.05, 4.69) is 14.7 Å². The zero-order chi connectivity index (χ0) is 24.2. The van der Waals surface area contributed by atoms with Crippen molar-refractivity contribution >= 4 is 11.9 Å². The highest BCUT2D eigenvalue weighted by atomic mass is 19.4. The molecule has 0 N–H and O–H groups in total. The van der Waals surface area contributed by atoms with Crippen molar-refractivity contribution in [3.8, 4) is 11.4 Å². The number of methoxy groups -OCH3 is 1. The minimum atomic E-state index is -4.74. The van der Waals surface area contributed by atoms with Crippen LogP contribution in [0.1, 0.15) is 26.5 Å². The molecule has 0 saturated carbocycles. The Morgan fingerprint density at radius 1 is 1.06 bits per heavy atom. The molecule has 1 amide bonds.